The molecule has 0 amide bonds. The van der Waals surface area contributed by atoms with E-state index in [0.717, 1.165) is 18.6 Å². The van der Waals surface area contributed by atoms with Gasteiger partial charge in [0.05, 0.1) is 11.1 Å². The van der Waals surface area contributed by atoms with Crippen LogP contribution in [0.25, 0.3) is 0 Å². The Hall–Kier alpha value is -0.660. The van der Waals surface area contributed by atoms with Crippen molar-refractivity contribution >= 4 is 26.0 Å². The standard InChI is InChI=1S/C11H15BrFNO3S/c1-7(2)3-4-17-10-6-9(13)11(5-8(10)12)18(14,15)16/h5-7H,3-4H2,1-2H3,(H2,14,15,16). The van der Waals surface area contributed by atoms with E-state index in [2.05, 4.69) is 15.9 Å². The topological polar surface area (TPSA) is 69.4 Å². The van der Waals surface area contributed by atoms with Crippen molar-refractivity contribution in [3.8, 4) is 5.75 Å². The van der Waals surface area contributed by atoms with Gasteiger partial charge < -0.3 is 4.74 Å². The van der Waals surface area contributed by atoms with Gasteiger partial charge in [0, 0.05) is 6.07 Å². The lowest BCUT2D eigenvalue weighted by molar-refractivity contribution is 0.286. The Morgan fingerprint density at radius 2 is 2.06 bits per heavy atom. The minimum absolute atomic E-state index is 0.264. The molecule has 0 aliphatic carbocycles. The van der Waals surface area contributed by atoms with Crippen molar-refractivity contribution in [3.05, 3.63) is 22.4 Å². The third kappa shape index (κ3) is 4.22. The minimum Gasteiger partial charge on any atom is -0.492 e. The van der Waals surface area contributed by atoms with Crippen molar-refractivity contribution in [1.82, 2.24) is 0 Å². The van der Waals surface area contributed by atoms with E-state index in [-0.39, 0.29) is 5.75 Å². The van der Waals surface area contributed by atoms with Crippen molar-refractivity contribution in [2.45, 2.75) is 25.2 Å². The summed E-state index contributed by atoms with van der Waals surface area (Å²) in [6, 6.07) is 2.12. The molecule has 2 N–H and O–H groups in total. The fraction of sp³-hybridized carbons (Fsp3) is 0.455. The maximum atomic E-state index is 13.6. The van der Waals surface area contributed by atoms with E-state index < -0.39 is 20.7 Å². The van der Waals surface area contributed by atoms with E-state index >= 15 is 0 Å². The average molecular weight is 340 g/mol. The summed E-state index contributed by atoms with van der Waals surface area (Å²) in [4.78, 5) is -0.550. The molecule has 0 saturated carbocycles. The van der Waals surface area contributed by atoms with Crippen LogP contribution in [-0.2, 0) is 10.0 Å². The molecule has 0 spiro atoms. The Bertz CT molecular complexity index is 531. The van der Waals surface area contributed by atoms with E-state index in [1.807, 2.05) is 13.8 Å². The predicted molar refractivity (Wildman–Crippen MR) is 70.4 cm³/mol. The molecule has 7 heteroatoms. The molecule has 0 unspecified atom stereocenters. The zero-order valence-electron chi connectivity index (χ0n) is 10.1. The number of ether oxygens (including phenoxy) is 1. The number of hydrogen-bond donors (Lipinski definition) is 1. The lowest BCUT2D eigenvalue weighted by Gasteiger charge is -2.11. The second-order valence-electron chi connectivity index (χ2n) is 4.29. The summed E-state index contributed by atoms with van der Waals surface area (Å²) in [5, 5.41) is 4.89. The third-order valence-electron chi connectivity index (χ3n) is 2.25. The molecule has 0 radical (unpaired) electrons. The summed E-state index contributed by atoms with van der Waals surface area (Å²) in [6.07, 6.45) is 0.824. The highest BCUT2D eigenvalue weighted by Crippen LogP contribution is 2.30. The normalized spacial score (nSPS) is 11.9. The van der Waals surface area contributed by atoms with Crippen molar-refractivity contribution in [3.63, 3.8) is 0 Å². The van der Waals surface area contributed by atoms with Gasteiger partial charge in [0.15, 0.2) is 0 Å². The molecular weight excluding hydrogens is 325 g/mol. The van der Waals surface area contributed by atoms with Gasteiger partial charge in [-0.3, -0.25) is 0 Å². The maximum absolute atomic E-state index is 13.6. The van der Waals surface area contributed by atoms with Crippen LogP contribution in [0.3, 0.4) is 0 Å². The predicted octanol–water partition coefficient (Wildman–Crippen LogP) is 2.66. The van der Waals surface area contributed by atoms with E-state index in [1.165, 1.54) is 0 Å². The Kier molecular flexibility index (Phi) is 5.12. The molecule has 0 atom stereocenters. The summed E-state index contributed by atoms with van der Waals surface area (Å²) < 4.78 is 41.5. The van der Waals surface area contributed by atoms with Gasteiger partial charge in [-0.15, -0.1) is 0 Å². The highest BCUT2D eigenvalue weighted by Gasteiger charge is 2.17. The zero-order valence-corrected chi connectivity index (χ0v) is 12.5. The Balaban J connectivity index is 2.94. The first kappa shape index (κ1) is 15.4. The lowest BCUT2D eigenvalue weighted by Crippen LogP contribution is -2.14. The summed E-state index contributed by atoms with van der Waals surface area (Å²) in [5.74, 6) is -0.182. The fourth-order valence-electron chi connectivity index (χ4n) is 1.24. The molecule has 0 bridgehead atoms. The van der Waals surface area contributed by atoms with Crippen LogP contribution in [0.4, 0.5) is 4.39 Å². The van der Waals surface area contributed by atoms with Crippen molar-refractivity contribution in [2.75, 3.05) is 6.61 Å². The van der Waals surface area contributed by atoms with E-state index in [9.17, 15) is 12.8 Å². The minimum atomic E-state index is -4.07. The van der Waals surface area contributed by atoms with Gasteiger partial charge in [0.1, 0.15) is 16.5 Å². The van der Waals surface area contributed by atoms with Crippen LogP contribution < -0.4 is 9.88 Å². The molecule has 0 heterocycles. The van der Waals surface area contributed by atoms with Gasteiger partial charge in [0.25, 0.3) is 0 Å². The van der Waals surface area contributed by atoms with E-state index in [1.54, 1.807) is 0 Å². The zero-order chi connectivity index (χ0) is 13.9. The molecule has 0 aliphatic heterocycles. The number of primary sulfonamides is 1. The van der Waals surface area contributed by atoms with Crippen LogP contribution in [0.15, 0.2) is 21.5 Å². The Morgan fingerprint density at radius 1 is 1.44 bits per heavy atom. The third-order valence-corrected chi connectivity index (χ3v) is 3.79. The van der Waals surface area contributed by atoms with Gasteiger partial charge in [-0.1, -0.05) is 13.8 Å². The van der Waals surface area contributed by atoms with E-state index in [4.69, 9.17) is 9.88 Å². The summed E-state index contributed by atoms with van der Waals surface area (Å²) in [7, 11) is -4.07. The number of nitrogens with two attached hydrogens (primary N) is 1. The van der Waals surface area contributed by atoms with Gasteiger partial charge in [-0.25, -0.2) is 17.9 Å². The van der Waals surface area contributed by atoms with Crippen molar-refractivity contribution in [2.24, 2.45) is 11.1 Å². The largest absolute Gasteiger partial charge is 0.492 e. The molecule has 1 aromatic carbocycles. The number of rotatable bonds is 5. The van der Waals surface area contributed by atoms with Gasteiger partial charge >= 0.3 is 0 Å². The maximum Gasteiger partial charge on any atom is 0.241 e. The van der Waals surface area contributed by atoms with Crippen LogP contribution in [0, 0.1) is 11.7 Å². The van der Waals surface area contributed by atoms with Gasteiger partial charge in [-0.2, -0.15) is 0 Å². The molecule has 0 fully saturated rings. The summed E-state index contributed by atoms with van der Waals surface area (Å²) >= 11 is 3.13. The average Bonchev–Trinajstić information content (AvgIpc) is 2.20. The molecule has 0 aromatic heterocycles. The highest BCUT2D eigenvalue weighted by atomic mass is 79.9. The number of benzene rings is 1. The Labute approximate surface area is 115 Å². The first-order valence-corrected chi connectivity index (χ1v) is 7.70. The van der Waals surface area contributed by atoms with Crippen LogP contribution in [0.1, 0.15) is 20.3 Å². The molecule has 1 aromatic rings. The molecule has 1 rings (SSSR count). The van der Waals surface area contributed by atoms with Crippen LogP contribution in [0.5, 0.6) is 5.75 Å². The van der Waals surface area contributed by atoms with Crippen molar-refractivity contribution in [1.29, 1.82) is 0 Å². The molecule has 0 aliphatic rings. The SMILES string of the molecule is CC(C)CCOc1cc(F)c(S(N)(=O)=O)cc1Br. The monoisotopic (exact) mass is 339 g/mol. The van der Waals surface area contributed by atoms with Crippen molar-refractivity contribution < 1.29 is 17.5 Å². The lowest BCUT2D eigenvalue weighted by atomic mass is 10.1. The number of sulfonamides is 1. The first-order valence-electron chi connectivity index (χ1n) is 5.36. The highest BCUT2D eigenvalue weighted by molar-refractivity contribution is 9.10. The molecular formula is C11H15BrFNO3S. The van der Waals surface area contributed by atoms with E-state index in [0.29, 0.717) is 17.0 Å². The molecule has 18 heavy (non-hydrogen) atoms. The summed E-state index contributed by atoms with van der Waals surface area (Å²) in [6.45, 7) is 4.52. The fourth-order valence-corrected chi connectivity index (χ4v) is 2.47. The second kappa shape index (κ2) is 5.99. The van der Waals surface area contributed by atoms with Crippen LogP contribution in [-0.4, -0.2) is 15.0 Å². The smallest absolute Gasteiger partial charge is 0.241 e. The number of halogens is 2. The summed E-state index contributed by atoms with van der Waals surface area (Å²) in [5.41, 5.74) is 0. The molecule has 4 nitrogen and oxygen atoms in total. The van der Waals surface area contributed by atoms with Gasteiger partial charge in [0.2, 0.25) is 10.0 Å². The molecule has 0 saturated heterocycles. The quantitative estimate of drug-likeness (QED) is 0.896. The second-order valence-corrected chi connectivity index (χ2v) is 6.67. The Morgan fingerprint density at radius 3 is 2.56 bits per heavy atom. The molecule has 102 valence electrons. The number of hydrogen-bond acceptors (Lipinski definition) is 3. The van der Waals surface area contributed by atoms with Crippen LogP contribution in [0.2, 0.25) is 0 Å². The first-order chi connectivity index (χ1) is 8.21. The van der Waals surface area contributed by atoms with Gasteiger partial charge in [-0.05, 0) is 34.3 Å². The van der Waals surface area contributed by atoms with Crippen LogP contribution >= 0.6 is 15.9 Å².